The largest absolute Gasteiger partial charge is 0.377 e. The van der Waals surface area contributed by atoms with Crippen molar-refractivity contribution in [1.82, 2.24) is 5.32 Å². The van der Waals surface area contributed by atoms with Crippen LogP contribution in [0.2, 0.25) is 0 Å². The molecule has 1 N–H and O–H groups in total. The summed E-state index contributed by atoms with van der Waals surface area (Å²) in [4.78, 5) is 0. The van der Waals surface area contributed by atoms with E-state index in [0.29, 0.717) is 6.10 Å². The van der Waals surface area contributed by atoms with Gasteiger partial charge in [-0.25, -0.2) is 0 Å². The standard InChI is InChI=1S/C11H21NO/c1-2-6-10(5-1)12-9-11-7-3-4-8-13-11/h10-12H,1-9H2. The van der Waals surface area contributed by atoms with Crippen LogP contribution in [-0.2, 0) is 4.74 Å². The number of hydrogen-bond donors (Lipinski definition) is 1. The van der Waals surface area contributed by atoms with Crippen LogP contribution in [0.15, 0.2) is 0 Å². The Balaban J connectivity index is 1.60. The second kappa shape index (κ2) is 4.97. The lowest BCUT2D eigenvalue weighted by atomic mass is 10.1. The van der Waals surface area contributed by atoms with Crippen molar-refractivity contribution in [3.63, 3.8) is 0 Å². The molecular weight excluding hydrogens is 162 g/mol. The van der Waals surface area contributed by atoms with Crippen molar-refractivity contribution in [2.75, 3.05) is 13.2 Å². The smallest absolute Gasteiger partial charge is 0.0699 e. The van der Waals surface area contributed by atoms with Crippen LogP contribution in [-0.4, -0.2) is 25.3 Å². The van der Waals surface area contributed by atoms with Crippen molar-refractivity contribution >= 4 is 0 Å². The predicted molar refractivity (Wildman–Crippen MR) is 53.8 cm³/mol. The number of rotatable bonds is 3. The van der Waals surface area contributed by atoms with Gasteiger partial charge < -0.3 is 10.1 Å². The Morgan fingerprint density at radius 2 is 1.77 bits per heavy atom. The third-order valence-electron chi connectivity index (χ3n) is 3.26. The maximum Gasteiger partial charge on any atom is 0.0699 e. The van der Waals surface area contributed by atoms with Gasteiger partial charge >= 0.3 is 0 Å². The van der Waals surface area contributed by atoms with Gasteiger partial charge in [-0.1, -0.05) is 12.8 Å². The monoisotopic (exact) mass is 183 g/mol. The van der Waals surface area contributed by atoms with Crippen LogP contribution in [0, 0.1) is 0 Å². The van der Waals surface area contributed by atoms with Crippen LogP contribution in [0.1, 0.15) is 44.9 Å². The van der Waals surface area contributed by atoms with Crippen molar-refractivity contribution in [3.05, 3.63) is 0 Å². The number of nitrogens with one attached hydrogen (secondary N) is 1. The van der Waals surface area contributed by atoms with E-state index in [4.69, 9.17) is 4.74 Å². The minimum atomic E-state index is 0.509. The molecule has 1 aliphatic heterocycles. The van der Waals surface area contributed by atoms with Crippen molar-refractivity contribution in [2.45, 2.75) is 57.1 Å². The maximum atomic E-state index is 5.68. The average molecular weight is 183 g/mol. The van der Waals surface area contributed by atoms with Gasteiger partial charge in [0.25, 0.3) is 0 Å². The minimum absolute atomic E-state index is 0.509. The highest BCUT2D eigenvalue weighted by Crippen LogP contribution is 2.18. The summed E-state index contributed by atoms with van der Waals surface area (Å²) < 4.78 is 5.68. The van der Waals surface area contributed by atoms with Gasteiger partial charge in [0.1, 0.15) is 0 Å². The molecule has 0 spiro atoms. The highest BCUT2D eigenvalue weighted by molar-refractivity contribution is 4.76. The first-order valence-corrected chi connectivity index (χ1v) is 5.80. The van der Waals surface area contributed by atoms with Crippen LogP contribution in [0.4, 0.5) is 0 Å². The highest BCUT2D eigenvalue weighted by atomic mass is 16.5. The van der Waals surface area contributed by atoms with Gasteiger partial charge in [0.2, 0.25) is 0 Å². The fourth-order valence-corrected chi connectivity index (χ4v) is 2.40. The average Bonchev–Trinajstić information content (AvgIpc) is 2.69. The Bertz CT molecular complexity index is 137. The molecule has 2 nitrogen and oxygen atoms in total. The molecule has 13 heavy (non-hydrogen) atoms. The van der Waals surface area contributed by atoms with Gasteiger partial charge in [-0.3, -0.25) is 0 Å². The molecule has 2 rings (SSSR count). The van der Waals surface area contributed by atoms with Gasteiger partial charge in [-0.2, -0.15) is 0 Å². The zero-order chi connectivity index (χ0) is 8.93. The normalized spacial score (nSPS) is 30.9. The maximum absolute atomic E-state index is 5.68. The lowest BCUT2D eigenvalue weighted by Crippen LogP contribution is -2.36. The number of hydrogen-bond acceptors (Lipinski definition) is 2. The molecule has 2 aliphatic rings. The second-order valence-electron chi connectivity index (χ2n) is 4.38. The number of ether oxygens (including phenoxy) is 1. The van der Waals surface area contributed by atoms with Crippen LogP contribution in [0.25, 0.3) is 0 Å². The lowest BCUT2D eigenvalue weighted by Gasteiger charge is -2.24. The van der Waals surface area contributed by atoms with E-state index in [2.05, 4.69) is 5.32 Å². The predicted octanol–water partition coefficient (Wildman–Crippen LogP) is 2.09. The SMILES string of the molecule is C1CCC(CNC2CCCC2)OC1. The van der Waals surface area contributed by atoms with E-state index in [-0.39, 0.29) is 0 Å². The molecule has 2 heteroatoms. The summed E-state index contributed by atoms with van der Waals surface area (Å²) in [5.41, 5.74) is 0. The molecule has 1 aliphatic carbocycles. The minimum Gasteiger partial charge on any atom is -0.377 e. The van der Waals surface area contributed by atoms with Gasteiger partial charge in [-0.05, 0) is 32.1 Å². The molecule has 1 saturated carbocycles. The molecule has 0 bridgehead atoms. The van der Waals surface area contributed by atoms with Crippen molar-refractivity contribution < 1.29 is 4.74 Å². The van der Waals surface area contributed by atoms with E-state index in [1.165, 1.54) is 44.9 Å². The van der Waals surface area contributed by atoms with Gasteiger partial charge in [-0.15, -0.1) is 0 Å². The molecule has 1 heterocycles. The Morgan fingerprint density at radius 3 is 2.46 bits per heavy atom. The van der Waals surface area contributed by atoms with Crippen molar-refractivity contribution in [2.24, 2.45) is 0 Å². The summed E-state index contributed by atoms with van der Waals surface area (Å²) in [6, 6.07) is 0.797. The third-order valence-corrected chi connectivity index (χ3v) is 3.26. The Labute approximate surface area is 81.0 Å². The van der Waals surface area contributed by atoms with Crippen LogP contribution < -0.4 is 5.32 Å². The Hall–Kier alpha value is -0.0800. The lowest BCUT2D eigenvalue weighted by molar-refractivity contribution is 0.0155. The van der Waals surface area contributed by atoms with Crippen LogP contribution in [0.5, 0.6) is 0 Å². The molecule has 1 atom stereocenters. The Morgan fingerprint density at radius 1 is 1.00 bits per heavy atom. The van der Waals surface area contributed by atoms with Crippen LogP contribution in [0.3, 0.4) is 0 Å². The quantitative estimate of drug-likeness (QED) is 0.723. The highest BCUT2D eigenvalue weighted by Gasteiger charge is 2.18. The van der Waals surface area contributed by atoms with E-state index in [1.807, 2.05) is 0 Å². The first-order chi connectivity index (χ1) is 6.45. The summed E-state index contributed by atoms with van der Waals surface area (Å²) in [5, 5.41) is 3.63. The van der Waals surface area contributed by atoms with E-state index in [1.54, 1.807) is 0 Å². The topological polar surface area (TPSA) is 21.3 Å². The van der Waals surface area contributed by atoms with Crippen LogP contribution >= 0.6 is 0 Å². The third kappa shape index (κ3) is 2.96. The first-order valence-electron chi connectivity index (χ1n) is 5.80. The molecular formula is C11H21NO. The van der Waals surface area contributed by atoms with Crippen molar-refractivity contribution in [3.8, 4) is 0 Å². The van der Waals surface area contributed by atoms with E-state index >= 15 is 0 Å². The molecule has 0 aromatic rings. The molecule has 1 saturated heterocycles. The summed E-state index contributed by atoms with van der Waals surface area (Å²) in [7, 11) is 0. The summed E-state index contributed by atoms with van der Waals surface area (Å²) >= 11 is 0. The van der Waals surface area contributed by atoms with Crippen molar-refractivity contribution in [1.29, 1.82) is 0 Å². The summed E-state index contributed by atoms with van der Waals surface area (Å²) in [5.74, 6) is 0. The van der Waals surface area contributed by atoms with E-state index in [9.17, 15) is 0 Å². The zero-order valence-electron chi connectivity index (χ0n) is 8.43. The van der Waals surface area contributed by atoms with Gasteiger partial charge in [0.05, 0.1) is 6.10 Å². The summed E-state index contributed by atoms with van der Waals surface area (Å²) in [6.45, 7) is 2.07. The van der Waals surface area contributed by atoms with Gasteiger partial charge in [0.15, 0.2) is 0 Å². The molecule has 76 valence electrons. The molecule has 0 aromatic carbocycles. The summed E-state index contributed by atoms with van der Waals surface area (Å²) in [6.07, 6.45) is 10.00. The van der Waals surface area contributed by atoms with Gasteiger partial charge in [0, 0.05) is 19.2 Å². The molecule has 0 aromatic heterocycles. The molecule has 2 fully saturated rings. The van der Waals surface area contributed by atoms with E-state index in [0.717, 1.165) is 19.2 Å². The first kappa shape index (κ1) is 9.47. The molecule has 1 unspecified atom stereocenters. The van der Waals surface area contributed by atoms with E-state index < -0.39 is 0 Å². The molecule has 0 amide bonds. The fraction of sp³-hybridized carbons (Fsp3) is 1.00. The Kier molecular flexibility index (Phi) is 3.62. The second-order valence-corrected chi connectivity index (χ2v) is 4.38. The zero-order valence-corrected chi connectivity index (χ0v) is 8.43. The fourth-order valence-electron chi connectivity index (χ4n) is 2.40. The molecule has 0 radical (unpaired) electrons.